The van der Waals surface area contributed by atoms with E-state index in [2.05, 4.69) is 20.1 Å². The molecule has 0 aliphatic rings. The highest BCUT2D eigenvalue weighted by atomic mass is 19.4. The summed E-state index contributed by atoms with van der Waals surface area (Å²) in [6.45, 7) is 2.80. The third-order valence-corrected chi connectivity index (χ3v) is 4.70. The minimum atomic E-state index is -4.44. The van der Waals surface area contributed by atoms with Crippen LogP contribution in [0, 0.1) is 0 Å². The van der Waals surface area contributed by atoms with Crippen LogP contribution in [0.5, 0.6) is 0 Å². The number of rotatable bonds is 4. The number of nitrogens with one attached hydrogen (secondary N) is 2. The molecule has 0 bridgehead atoms. The number of nitrogens with zero attached hydrogens (tertiary/aromatic N) is 2. The molecule has 2 heterocycles. The van der Waals surface area contributed by atoms with Gasteiger partial charge in [0.25, 0.3) is 5.91 Å². The fourth-order valence-electron chi connectivity index (χ4n) is 3.29. The smallest absolute Gasteiger partial charge is 0.340 e. The fourth-order valence-corrected chi connectivity index (χ4v) is 3.29. The molecule has 0 unspecified atom stereocenters. The highest BCUT2D eigenvalue weighted by Gasteiger charge is 2.30. The van der Waals surface area contributed by atoms with Gasteiger partial charge in [-0.15, -0.1) is 0 Å². The molecule has 0 saturated carbocycles. The summed E-state index contributed by atoms with van der Waals surface area (Å²) in [5.41, 5.74) is 2.06. The molecule has 2 N–H and O–H groups in total. The first-order chi connectivity index (χ1) is 13.9. The van der Waals surface area contributed by atoms with Crippen molar-refractivity contribution in [1.29, 1.82) is 0 Å². The Morgan fingerprint density at radius 2 is 1.83 bits per heavy atom. The number of carbonyl (C=O) groups is 1. The third-order valence-electron chi connectivity index (χ3n) is 4.70. The van der Waals surface area contributed by atoms with Crippen LogP contribution in [0.4, 0.5) is 19.0 Å². The van der Waals surface area contributed by atoms with Gasteiger partial charge in [0.15, 0.2) is 5.82 Å². The zero-order chi connectivity index (χ0) is 20.6. The largest absolute Gasteiger partial charge is 0.416 e. The van der Waals surface area contributed by atoms with Crippen molar-refractivity contribution in [3.63, 3.8) is 0 Å². The van der Waals surface area contributed by atoms with E-state index in [4.69, 9.17) is 0 Å². The molecular formula is C21H17F3N4O. The van der Waals surface area contributed by atoms with E-state index in [0.29, 0.717) is 0 Å². The van der Waals surface area contributed by atoms with Gasteiger partial charge in [0.1, 0.15) is 0 Å². The maximum absolute atomic E-state index is 12.7. The van der Waals surface area contributed by atoms with Crippen molar-refractivity contribution in [2.75, 3.05) is 5.32 Å². The van der Waals surface area contributed by atoms with Gasteiger partial charge in [-0.3, -0.25) is 9.89 Å². The van der Waals surface area contributed by atoms with E-state index in [-0.39, 0.29) is 11.4 Å². The molecule has 4 rings (SSSR count). The lowest BCUT2D eigenvalue weighted by atomic mass is 10.1. The Labute approximate surface area is 164 Å². The number of aromatic nitrogens is 3. The van der Waals surface area contributed by atoms with Gasteiger partial charge >= 0.3 is 6.18 Å². The average Bonchev–Trinajstić information content (AvgIpc) is 3.31. The van der Waals surface area contributed by atoms with Crippen LogP contribution < -0.4 is 5.32 Å². The van der Waals surface area contributed by atoms with E-state index < -0.39 is 17.6 Å². The summed E-state index contributed by atoms with van der Waals surface area (Å²) in [4.78, 5) is 12.3. The molecule has 2 aromatic carbocycles. The van der Waals surface area contributed by atoms with E-state index in [1.807, 2.05) is 37.3 Å². The molecule has 0 radical (unpaired) electrons. The number of hydrogen-bond donors (Lipinski definition) is 2. The first kappa shape index (κ1) is 18.8. The second kappa shape index (κ2) is 7.12. The molecule has 4 aromatic rings. The van der Waals surface area contributed by atoms with Gasteiger partial charge in [-0.1, -0.05) is 18.2 Å². The van der Waals surface area contributed by atoms with Crippen LogP contribution in [-0.2, 0) is 12.7 Å². The maximum Gasteiger partial charge on any atom is 0.416 e. The molecule has 8 heteroatoms. The molecule has 0 aliphatic heterocycles. The minimum Gasteiger partial charge on any atom is -0.340 e. The second-order valence-corrected chi connectivity index (χ2v) is 6.53. The van der Waals surface area contributed by atoms with Gasteiger partial charge in [0.2, 0.25) is 0 Å². The number of amides is 1. The number of aryl methyl sites for hydroxylation is 1. The van der Waals surface area contributed by atoms with E-state index in [0.717, 1.165) is 53.1 Å². The topological polar surface area (TPSA) is 62.7 Å². The van der Waals surface area contributed by atoms with E-state index >= 15 is 0 Å². The third kappa shape index (κ3) is 3.61. The van der Waals surface area contributed by atoms with Crippen LogP contribution in [0.1, 0.15) is 22.8 Å². The van der Waals surface area contributed by atoms with Crippen molar-refractivity contribution in [1.82, 2.24) is 14.8 Å². The normalized spacial score (nSPS) is 11.7. The summed E-state index contributed by atoms with van der Waals surface area (Å²) in [6.07, 6.45) is -4.44. The molecule has 5 nitrogen and oxygen atoms in total. The predicted molar refractivity (Wildman–Crippen MR) is 105 cm³/mol. The number of aromatic amines is 1. The van der Waals surface area contributed by atoms with Crippen LogP contribution in [0.3, 0.4) is 0 Å². The van der Waals surface area contributed by atoms with E-state index in [1.54, 1.807) is 6.07 Å². The van der Waals surface area contributed by atoms with Crippen molar-refractivity contribution in [3.05, 3.63) is 71.8 Å². The fraction of sp³-hybridized carbons (Fsp3) is 0.143. The maximum atomic E-state index is 12.7. The molecule has 1 amide bonds. The van der Waals surface area contributed by atoms with Crippen LogP contribution >= 0.6 is 0 Å². The standard InChI is InChI=1S/C21H17F3N4O/c1-2-28-17-6-4-3-5-14(17)11-18(28)16-12-19(27-26-16)25-20(29)13-7-9-15(10-8-13)21(22,23)24/h3-12H,2H2,1H3,(H2,25,26,27,29). The number of carbonyl (C=O) groups excluding carboxylic acids is 1. The number of hydrogen-bond acceptors (Lipinski definition) is 2. The number of alkyl halides is 3. The van der Waals surface area contributed by atoms with Crippen molar-refractivity contribution >= 4 is 22.6 Å². The predicted octanol–water partition coefficient (Wildman–Crippen LogP) is 5.32. The summed E-state index contributed by atoms with van der Waals surface area (Å²) in [6, 6.07) is 15.8. The lowest BCUT2D eigenvalue weighted by Gasteiger charge is -2.07. The number of fused-ring (bicyclic) bond motifs is 1. The van der Waals surface area contributed by atoms with Crippen LogP contribution in [0.25, 0.3) is 22.3 Å². The molecule has 0 saturated heterocycles. The van der Waals surface area contributed by atoms with Crippen LogP contribution in [-0.4, -0.2) is 20.7 Å². The lowest BCUT2D eigenvalue weighted by molar-refractivity contribution is -0.137. The van der Waals surface area contributed by atoms with Gasteiger partial charge < -0.3 is 9.88 Å². The number of H-pyrrole nitrogens is 1. The van der Waals surface area contributed by atoms with Crippen LogP contribution in [0.15, 0.2) is 60.7 Å². The molecule has 0 atom stereocenters. The van der Waals surface area contributed by atoms with Gasteiger partial charge in [-0.25, -0.2) is 0 Å². The zero-order valence-corrected chi connectivity index (χ0v) is 15.4. The van der Waals surface area contributed by atoms with Crippen LogP contribution in [0.2, 0.25) is 0 Å². The highest BCUT2D eigenvalue weighted by Crippen LogP contribution is 2.30. The number of halogens is 3. The molecule has 0 aliphatic carbocycles. The quantitative estimate of drug-likeness (QED) is 0.489. The highest BCUT2D eigenvalue weighted by molar-refractivity contribution is 6.04. The molecule has 148 valence electrons. The molecule has 29 heavy (non-hydrogen) atoms. The number of para-hydroxylation sites is 1. The molecule has 0 spiro atoms. The van der Waals surface area contributed by atoms with E-state index in [9.17, 15) is 18.0 Å². The summed E-state index contributed by atoms with van der Waals surface area (Å²) >= 11 is 0. The number of benzene rings is 2. The Kier molecular flexibility index (Phi) is 4.62. The SMILES string of the molecule is CCn1c(-c2cc(NC(=O)c3ccc(C(F)(F)F)cc3)n[nH]2)cc2ccccc21. The molecule has 2 aromatic heterocycles. The van der Waals surface area contributed by atoms with E-state index in [1.165, 1.54) is 0 Å². The second-order valence-electron chi connectivity index (χ2n) is 6.53. The Morgan fingerprint density at radius 1 is 1.10 bits per heavy atom. The minimum absolute atomic E-state index is 0.116. The lowest BCUT2D eigenvalue weighted by Crippen LogP contribution is -2.13. The Bertz CT molecular complexity index is 1170. The van der Waals surface area contributed by atoms with Gasteiger partial charge in [0, 0.05) is 29.1 Å². The number of anilines is 1. The Hall–Kier alpha value is -3.55. The molecule has 0 fully saturated rings. The average molecular weight is 398 g/mol. The summed E-state index contributed by atoms with van der Waals surface area (Å²) in [5, 5.41) is 10.7. The first-order valence-electron chi connectivity index (χ1n) is 8.99. The zero-order valence-electron chi connectivity index (χ0n) is 15.4. The van der Waals surface area contributed by atoms with Crippen molar-refractivity contribution in [3.8, 4) is 11.4 Å². The van der Waals surface area contributed by atoms with Crippen molar-refractivity contribution in [2.24, 2.45) is 0 Å². The molecular weight excluding hydrogens is 381 g/mol. The summed E-state index contributed by atoms with van der Waals surface area (Å²) in [5.74, 6) is -0.245. The summed E-state index contributed by atoms with van der Waals surface area (Å²) in [7, 11) is 0. The van der Waals surface area contributed by atoms with Gasteiger partial charge in [-0.2, -0.15) is 18.3 Å². The van der Waals surface area contributed by atoms with Gasteiger partial charge in [0.05, 0.1) is 17.0 Å². The first-order valence-corrected chi connectivity index (χ1v) is 8.99. The monoisotopic (exact) mass is 398 g/mol. The van der Waals surface area contributed by atoms with Crippen molar-refractivity contribution < 1.29 is 18.0 Å². The Morgan fingerprint density at radius 3 is 2.52 bits per heavy atom. The van der Waals surface area contributed by atoms with Crippen molar-refractivity contribution in [2.45, 2.75) is 19.6 Å². The Balaban J connectivity index is 1.56. The summed E-state index contributed by atoms with van der Waals surface area (Å²) < 4.78 is 40.1. The van der Waals surface area contributed by atoms with Gasteiger partial charge in [-0.05, 0) is 43.3 Å².